The van der Waals surface area contributed by atoms with E-state index in [1.807, 2.05) is 16.0 Å². The summed E-state index contributed by atoms with van der Waals surface area (Å²) in [6.07, 6.45) is 5.08. The Kier molecular flexibility index (Phi) is 3.61. The van der Waals surface area contributed by atoms with Gasteiger partial charge in [-0.3, -0.25) is 4.40 Å². The van der Waals surface area contributed by atoms with Gasteiger partial charge in [0.05, 0.1) is 5.69 Å². The third kappa shape index (κ3) is 2.71. The van der Waals surface area contributed by atoms with Gasteiger partial charge in [0.25, 0.3) is 0 Å². The molecular formula is C10H14ClN3S. The van der Waals surface area contributed by atoms with E-state index in [0.29, 0.717) is 11.9 Å². The molecule has 0 bridgehead atoms. The van der Waals surface area contributed by atoms with Crippen LogP contribution in [-0.2, 0) is 6.54 Å². The Labute approximate surface area is 98.1 Å². The number of hydrogen-bond acceptors (Lipinski definition) is 3. The highest BCUT2D eigenvalue weighted by Gasteiger charge is 2.04. The molecule has 0 saturated carbocycles. The van der Waals surface area contributed by atoms with E-state index in [1.165, 1.54) is 0 Å². The first kappa shape index (κ1) is 10.9. The first-order chi connectivity index (χ1) is 7.29. The molecule has 1 unspecified atom stereocenters. The summed E-state index contributed by atoms with van der Waals surface area (Å²) in [5, 5.41) is 5.43. The molecule has 2 heterocycles. The summed E-state index contributed by atoms with van der Waals surface area (Å²) < 4.78 is 2.05. The summed E-state index contributed by atoms with van der Waals surface area (Å²) in [4.78, 5) is 5.54. The second-order valence-corrected chi connectivity index (χ2v) is 4.84. The summed E-state index contributed by atoms with van der Waals surface area (Å²) in [6.45, 7) is 2.95. The van der Waals surface area contributed by atoms with Gasteiger partial charge in [-0.15, -0.1) is 22.9 Å². The minimum Gasteiger partial charge on any atom is -0.309 e. The predicted molar refractivity (Wildman–Crippen MR) is 64.7 cm³/mol. The fourth-order valence-electron chi connectivity index (χ4n) is 1.41. The van der Waals surface area contributed by atoms with Crippen LogP contribution in [0.25, 0.3) is 4.96 Å². The Morgan fingerprint density at radius 1 is 1.67 bits per heavy atom. The third-order valence-electron chi connectivity index (χ3n) is 2.32. The number of nitrogens with zero attached hydrogens (tertiary/aromatic N) is 2. The van der Waals surface area contributed by atoms with Gasteiger partial charge in [0.15, 0.2) is 4.96 Å². The van der Waals surface area contributed by atoms with Crippen molar-refractivity contribution < 1.29 is 0 Å². The van der Waals surface area contributed by atoms with Gasteiger partial charge >= 0.3 is 0 Å². The van der Waals surface area contributed by atoms with Crippen molar-refractivity contribution in [1.29, 1.82) is 0 Å². The van der Waals surface area contributed by atoms with Crippen LogP contribution in [0, 0.1) is 0 Å². The lowest BCUT2D eigenvalue weighted by atomic mass is 10.2. The molecule has 82 valence electrons. The minimum atomic E-state index is 0.447. The molecule has 2 aromatic rings. The molecule has 0 aromatic carbocycles. The van der Waals surface area contributed by atoms with Gasteiger partial charge in [-0.1, -0.05) is 0 Å². The second kappa shape index (κ2) is 4.96. The summed E-state index contributed by atoms with van der Waals surface area (Å²) in [5.74, 6) is 0.701. The van der Waals surface area contributed by atoms with Gasteiger partial charge in [-0.25, -0.2) is 4.98 Å². The maximum atomic E-state index is 5.67. The SMILES string of the molecule is CC(CCCl)NCc1cn2ccsc2n1. The maximum Gasteiger partial charge on any atom is 0.193 e. The van der Waals surface area contributed by atoms with Crippen molar-refractivity contribution in [2.24, 2.45) is 0 Å². The summed E-state index contributed by atoms with van der Waals surface area (Å²) in [6, 6.07) is 0.447. The van der Waals surface area contributed by atoms with Crippen LogP contribution < -0.4 is 5.32 Å². The van der Waals surface area contributed by atoms with E-state index >= 15 is 0 Å². The van der Waals surface area contributed by atoms with E-state index in [0.717, 1.165) is 23.6 Å². The van der Waals surface area contributed by atoms with Crippen LogP contribution in [0.4, 0.5) is 0 Å². The number of nitrogens with one attached hydrogen (secondary N) is 1. The zero-order valence-electron chi connectivity index (χ0n) is 8.61. The summed E-state index contributed by atoms with van der Waals surface area (Å²) in [7, 11) is 0. The van der Waals surface area contributed by atoms with Gasteiger partial charge in [-0.2, -0.15) is 0 Å². The van der Waals surface area contributed by atoms with E-state index in [9.17, 15) is 0 Å². The molecule has 0 fully saturated rings. The number of rotatable bonds is 5. The molecule has 1 N–H and O–H groups in total. The second-order valence-electron chi connectivity index (χ2n) is 3.58. The standard InChI is InChI=1S/C10H14ClN3S/c1-8(2-3-11)12-6-9-7-14-4-5-15-10(14)13-9/h4-5,7-8,12H,2-3,6H2,1H3. The Balaban J connectivity index is 1.92. The largest absolute Gasteiger partial charge is 0.309 e. The van der Waals surface area contributed by atoms with Crippen molar-refractivity contribution >= 4 is 27.9 Å². The van der Waals surface area contributed by atoms with Gasteiger partial charge in [0.1, 0.15) is 0 Å². The van der Waals surface area contributed by atoms with Crippen molar-refractivity contribution in [1.82, 2.24) is 14.7 Å². The lowest BCUT2D eigenvalue weighted by molar-refractivity contribution is 0.532. The highest BCUT2D eigenvalue weighted by atomic mass is 35.5. The van der Waals surface area contributed by atoms with Crippen molar-refractivity contribution in [3.05, 3.63) is 23.5 Å². The van der Waals surface area contributed by atoms with E-state index in [-0.39, 0.29) is 0 Å². The first-order valence-corrected chi connectivity index (χ1v) is 6.41. The Morgan fingerprint density at radius 3 is 3.27 bits per heavy atom. The Hall–Kier alpha value is -0.580. The van der Waals surface area contributed by atoms with E-state index in [4.69, 9.17) is 11.6 Å². The lowest BCUT2D eigenvalue weighted by Gasteiger charge is -2.10. The quantitative estimate of drug-likeness (QED) is 0.818. The molecular weight excluding hydrogens is 230 g/mol. The molecule has 5 heteroatoms. The van der Waals surface area contributed by atoms with Crippen LogP contribution in [0.2, 0.25) is 0 Å². The van der Waals surface area contributed by atoms with Crippen LogP contribution in [0.5, 0.6) is 0 Å². The first-order valence-electron chi connectivity index (χ1n) is 5.00. The van der Waals surface area contributed by atoms with E-state index in [1.54, 1.807) is 11.3 Å². The maximum absolute atomic E-state index is 5.67. The van der Waals surface area contributed by atoms with Gasteiger partial charge in [0.2, 0.25) is 0 Å². The molecule has 0 radical (unpaired) electrons. The average Bonchev–Trinajstić information content (AvgIpc) is 2.74. The molecule has 0 aliphatic heterocycles. The summed E-state index contributed by atoms with van der Waals surface area (Å²) in [5.41, 5.74) is 1.09. The lowest BCUT2D eigenvalue weighted by Crippen LogP contribution is -2.25. The predicted octanol–water partition coefficient (Wildman–Crippen LogP) is 2.50. The Morgan fingerprint density at radius 2 is 2.53 bits per heavy atom. The van der Waals surface area contributed by atoms with Crippen molar-refractivity contribution in [2.75, 3.05) is 5.88 Å². The van der Waals surface area contributed by atoms with Crippen molar-refractivity contribution in [3.63, 3.8) is 0 Å². The highest BCUT2D eigenvalue weighted by molar-refractivity contribution is 7.15. The van der Waals surface area contributed by atoms with Crippen molar-refractivity contribution in [3.8, 4) is 0 Å². The third-order valence-corrected chi connectivity index (χ3v) is 3.31. The van der Waals surface area contributed by atoms with Crippen LogP contribution in [0.1, 0.15) is 19.0 Å². The molecule has 2 aromatic heterocycles. The normalized spacial score (nSPS) is 13.5. The van der Waals surface area contributed by atoms with Gasteiger partial charge in [0, 0.05) is 36.2 Å². The molecule has 0 saturated heterocycles. The average molecular weight is 244 g/mol. The fraction of sp³-hybridized carbons (Fsp3) is 0.500. The van der Waals surface area contributed by atoms with Crippen LogP contribution >= 0.6 is 22.9 Å². The number of thiazole rings is 1. The molecule has 0 amide bonds. The smallest absolute Gasteiger partial charge is 0.193 e. The number of fused-ring (bicyclic) bond motifs is 1. The van der Waals surface area contributed by atoms with Crippen LogP contribution in [0.3, 0.4) is 0 Å². The number of alkyl halides is 1. The number of halogens is 1. The molecule has 3 nitrogen and oxygen atoms in total. The topological polar surface area (TPSA) is 29.3 Å². The molecule has 15 heavy (non-hydrogen) atoms. The zero-order chi connectivity index (χ0) is 10.7. The number of imidazole rings is 1. The van der Waals surface area contributed by atoms with E-state index in [2.05, 4.69) is 23.4 Å². The summed E-state index contributed by atoms with van der Waals surface area (Å²) >= 11 is 7.32. The highest BCUT2D eigenvalue weighted by Crippen LogP contribution is 2.11. The zero-order valence-corrected chi connectivity index (χ0v) is 10.2. The van der Waals surface area contributed by atoms with Gasteiger partial charge < -0.3 is 5.32 Å². The molecule has 0 spiro atoms. The van der Waals surface area contributed by atoms with E-state index < -0.39 is 0 Å². The molecule has 0 aliphatic rings. The van der Waals surface area contributed by atoms with Gasteiger partial charge in [-0.05, 0) is 13.3 Å². The van der Waals surface area contributed by atoms with Crippen molar-refractivity contribution in [2.45, 2.75) is 25.9 Å². The molecule has 2 rings (SSSR count). The minimum absolute atomic E-state index is 0.447. The monoisotopic (exact) mass is 243 g/mol. The fourth-order valence-corrected chi connectivity index (χ4v) is 2.45. The Bertz CT molecular complexity index is 394. The molecule has 1 atom stereocenters. The van der Waals surface area contributed by atoms with Crippen LogP contribution in [0.15, 0.2) is 17.8 Å². The molecule has 0 aliphatic carbocycles. The number of hydrogen-bond donors (Lipinski definition) is 1. The number of aromatic nitrogens is 2. The van der Waals surface area contributed by atoms with Crippen LogP contribution in [-0.4, -0.2) is 21.3 Å².